The van der Waals surface area contributed by atoms with Gasteiger partial charge in [0.1, 0.15) is 30.8 Å². The molecular weight excluding hydrogens is 320 g/mol. The zero-order valence-electron chi connectivity index (χ0n) is 12.7. The van der Waals surface area contributed by atoms with Crippen LogP contribution < -0.4 is 15.3 Å². The van der Waals surface area contributed by atoms with Gasteiger partial charge in [0, 0.05) is 18.7 Å². The van der Waals surface area contributed by atoms with Crippen molar-refractivity contribution in [3.8, 4) is 5.88 Å². The largest absolute Gasteiger partial charge is 0.473 e. The first-order chi connectivity index (χ1) is 11.6. The fraction of sp³-hybridized carbons (Fsp3) is 0.375. The van der Waals surface area contributed by atoms with Crippen LogP contribution in [0, 0.1) is 11.6 Å². The first kappa shape index (κ1) is 15.1. The molecular formula is C16H15F2N3O3. The summed E-state index contributed by atoms with van der Waals surface area (Å²) in [7, 11) is 0. The predicted octanol–water partition coefficient (Wildman–Crippen LogP) is 1.67. The van der Waals surface area contributed by atoms with Gasteiger partial charge in [0.05, 0.1) is 12.6 Å². The Hall–Kier alpha value is -2.48. The zero-order chi connectivity index (χ0) is 16.7. The molecule has 1 aromatic heterocycles. The molecule has 2 aliphatic rings. The summed E-state index contributed by atoms with van der Waals surface area (Å²) in [6.07, 6.45) is 0.847. The van der Waals surface area contributed by atoms with Gasteiger partial charge in [-0.2, -0.15) is 4.98 Å². The van der Waals surface area contributed by atoms with E-state index in [1.54, 1.807) is 10.6 Å². The number of hydrogen-bond donors (Lipinski definition) is 0. The van der Waals surface area contributed by atoms with E-state index in [0.29, 0.717) is 31.3 Å². The van der Waals surface area contributed by atoms with Crippen LogP contribution in [0.5, 0.6) is 5.88 Å². The Balaban J connectivity index is 1.57. The lowest BCUT2D eigenvalue weighted by Crippen LogP contribution is -2.39. The smallest absolute Gasteiger partial charge is 0.352 e. The van der Waals surface area contributed by atoms with Crippen LogP contribution in [0.25, 0.3) is 0 Å². The molecule has 6 nitrogen and oxygen atoms in total. The molecule has 1 saturated heterocycles. The molecule has 0 aliphatic carbocycles. The summed E-state index contributed by atoms with van der Waals surface area (Å²) in [5, 5.41) is 0. The average Bonchev–Trinajstić information content (AvgIpc) is 2.92. The molecule has 0 amide bonds. The van der Waals surface area contributed by atoms with E-state index in [0.717, 1.165) is 12.5 Å². The Bertz CT molecular complexity index is 820. The van der Waals surface area contributed by atoms with Crippen LogP contribution in [0.3, 0.4) is 0 Å². The van der Waals surface area contributed by atoms with Gasteiger partial charge in [0.15, 0.2) is 0 Å². The molecule has 0 N–H and O–H groups in total. The lowest BCUT2D eigenvalue weighted by Gasteiger charge is -2.30. The molecule has 0 unspecified atom stereocenters. The van der Waals surface area contributed by atoms with Crippen molar-refractivity contribution in [2.75, 3.05) is 18.2 Å². The van der Waals surface area contributed by atoms with Crippen molar-refractivity contribution < 1.29 is 18.3 Å². The maximum atomic E-state index is 13.2. The van der Waals surface area contributed by atoms with E-state index >= 15 is 0 Å². The van der Waals surface area contributed by atoms with Crippen LogP contribution >= 0.6 is 0 Å². The molecule has 1 fully saturated rings. The predicted molar refractivity (Wildman–Crippen MR) is 80.9 cm³/mol. The number of hydrogen-bond acceptors (Lipinski definition) is 5. The van der Waals surface area contributed by atoms with Crippen LogP contribution in [0.1, 0.15) is 12.0 Å². The fourth-order valence-electron chi connectivity index (χ4n) is 3.11. The molecule has 1 aromatic carbocycles. The third kappa shape index (κ3) is 2.73. The van der Waals surface area contributed by atoms with Crippen molar-refractivity contribution in [1.29, 1.82) is 0 Å². The van der Waals surface area contributed by atoms with E-state index in [2.05, 4.69) is 4.98 Å². The number of anilines is 1. The van der Waals surface area contributed by atoms with E-state index in [1.807, 2.05) is 4.90 Å². The molecule has 3 heterocycles. The number of nitrogens with zero attached hydrogens (tertiary/aromatic N) is 3. The summed E-state index contributed by atoms with van der Waals surface area (Å²) < 4.78 is 38.9. The summed E-state index contributed by atoms with van der Waals surface area (Å²) >= 11 is 0. The Morgan fingerprint density at radius 1 is 1.25 bits per heavy atom. The third-order valence-electron chi connectivity index (χ3n) is 4.23. The van der Waals surface area contributed by atoms with Gasteiger partial charge in [-0.25, -0.2) is 13.6 Å². The first-order valence-corrected chi connectivity index (χ1v) is 7.64. The molecule has 4 rings (SSSR count). The molecule has 2 aliphatic heterocycles. The van der Waals surface area contributed by atoms with Crippen molar-refractivity contribution in [1.82, 2.24) is 9.55 Å². The molecule has 8 heteroatoms. The van der Waals surface area contributed by atoms with Crippen molar-refractivity contribution in [2.45, 2.75) is 25.6 Å². The highest BCUT2D eigenvalue weighted by atomic mass is 19.1. The Morgan fingerprint density at radius 2 is 2.04 bits per heavy atom. The summed E-state index contributed by atoms with van der Waals surface area (Å²) in [6, 6.07) is 5.03. The van der Waals surface area contributed by atoms with Crippen LogP contribution in [-0.2, 0) is 17.9 Å². The second-order valence-electron chi connectivity index (χ2n) is 5.86. The highest BCUT2D eigenvalue weighted by Crippen LogP contribution is 2.30. The topological polar surface area (TPSA) is 56.6 Å². The number of benzene rings is 1. The van der Waals surface area contributed by atoms with Gasteiger partial charge in [-0.15, -0.1) is 0 Å². The number of ether oxygens (including phenoxy) is 2. The monoisotopic (exact) mass is 335 g/mol. The quantitative estimate of drug-likeness (QED) is 0.854. The van der Waals surface area contributed by atoms with Gasteiger partial charge in [-0.1, -0.05) is 0 Å². The molecule has 24 heavy (non-hydrogen) atoms. The zero-order valence-corrected chi connectivity index (χ0v) is 12.7. The van der Waals surface area contributed by atoms with Crippen LogP contribution in [-0.4, -0.2) is 28.9 Å². The normalized spacial score (nSPS) is 19.1. The Morgan fingerprint density at radius 3 is 2.83 bits per heavy atom. The molecule has 1 atom stereocenters. The van der Waals surface area contributed by atoms with Gasteiger partial charge >= 0.3 is 5.69 Å². The van der Waals surface area contributed by atoms with Crippen molar-refractivity contribution in [3.63, 3.8) is 0 Å². The summed E-state index contributed by atoms with van der Waals surface area (Å²) in [5.74, 6) is -0.532. The van der Waals surface area contributed by atoms with Crippen LogP contribution in [0.2, 0.25) is 0 Å². The van der Waals surface area contributed by atoms with E-state index in [4.69, 9.17) is 9.47 Å². The molecule has 0 saturated carbocycles. The highest BCUT2D eigenvalue weighted by molar-refractivity contribution is 5.46. The summed E-state index contributed by atoms with van der Waals surface area (Å²) in [5.41, 5.74) is -0.0728. The second kappa shape index (κ2) is 5.86. The maximum Gasteiger partial charge on any atom is 0.352 e. The highest BCUT2D eigenvalue weighted by Gasteiger charge is 2.33. The minimum Gasteiger partial charge on any atom is -0.473 e. The lowest BCUT2D eigenvalue weighted by atomic mass is 10.2. The number of halogens is 2. The van der Waals surface area contributed by atoms with Crippen LogP contribution in [0.15, 0.2) is 29.1 Å². The van der Waals surface area contributed by atoms with E-state index in [1.165, 1.54) is 12.1 Å². The Labute approximate surface area is 136 Å². The van der Waals surface area contributed by atoms with Gasteiger partial charge in [0.25, 0.3) is 0 Å². The second-order valence-corrected chi connectivity index (χ2v) is 5.86. The van der Waals surface area contributed by atoms with Gasteiger partial charge < -0.3 is 14.4 Å². The maximum absolute atomic E-state index is 13.2. The molecule has 0 spiro atoms. The fourth-order valence-corrected chi connectivity index (χ4v) is 3.11. The average molecular weight is 335 g/mol. The minimum absolute atomic E-state index is 0.0789. The van der Waals surface area contributed by atoms with Crippen molar-refractivity contribution in [3.05, 3.63) is 51.9 Å². The van der Waals surface area contributed by atoms with E-state index in [9.17, 15) is 13.6 Å². The summed E-state index contributed by atoms with van der Waals surface area (Å²) in [4.78, 5) is 18.1. The van der Waals surface area contributed by atoms with Gasteiger partial charge in [0.2, 0.25) is 5.88 Å². The Kier molecular flexibility index (Phi) is 3.68. The van der Waals surface area contributed by atoms with Gasteiger partial charge in [-0.3, -0.25) is 4.57 Å². The standard InChI is InChI=1S/C16H15F2N3O3/c17-11-3-10(4-12(18)5-11)8-24-14-6-15-20(16(22)19-14)7-13-1-2-23-9-21(13)15/h3-6,13H,1-2,7-9H2/t13-/m0/s1. The lowest BCUT2D eigenvalue weighted by molar-refractivity contribution is 0.0903. The number of aromatic nitrogens is 2. The molecule has 0 bridgehead atoms. The number of rotatable bonds is 3. The summed E-state index contributed by atoms with van der Waals surface area (Å²) in [6.45, 7) is 1.60. The van der Waals surface area contributed by atoms with Crippen molar-refractivity contribution in [2.24, 2.45) is 0 Å². The van der Waals surface area contributed by atoms with Crippen molar-refractivity contribution >= 4 is 5.82 Å². The van der Waals surface area contributed by atoms with E-state index in [-0.39, 0.29) is 18.5 Å². The minimum atomic E-state index is -0.677. The van der Waals surface area contributed by atoms with Gasteiger partial charge in [-0.05, 0) is 24.1 Å². The first-order valence-electron chi connectivity index (χ1n) is 7.64. The van der Waals surface area contributed by atoms with E-state index < -0.39 is 17.3 Å². The molecule has 2 aromatic rings. The SMILES string of the molecule is O=c1nc(OCc2cc(F)cc(F)c2)cc2n1C[C@@H]1CCOCN21. The third-order valence-corrected chi connectivity index (χ3v) is 4.23. The molecule has 126 valence electrons. The van der Waals surface area contributed by atoms with Crippen LogP contribution in [0.4, 0.5) is 14.6 Å². The molecule has 0 radical (unpaired) electrons. The number of fused-ring (bicyclic) bond motifs is 3.